The summed E-state index contributed by atoms with van der Waals surface area (Å²) in [7, 11) is 0. The van der Waals surface area contributed by atoms with Crippen LogP contribution in [0.2, 0.25) is 0 Å². The highest BCUT2D eigenvalue weighted by Crippen LogP contribution is 2.29. The molecule has 0 bridgehead atoms. The van der Waals surface area contributed by atoms with Crippen molar-refractivity contribution in [2.45, 2.75) is 71.4 Å². The summed E-state index contributed by atoms with van der Waals surface area (Å²) >= 11 is 0. The van der Waals surface area contributed by atoms with Crippen LogP contribution in [-0.2, 0) is 13.0 Å². The Kier molecular flexibility index (Phi) is 5.02. The molecule has 0 unspecified atom stereocenters. The number of carbonyl (C=O) groups excluding carboxylic acids is 1. The van der Waals surface area contributed by atoms with Crippen LogP contribution in [0.25, 0.3) is 10.9 Å². The van der Waals surface area contributed by atoms with Crippen molar-refractivity contribution >= 4 is 16.8 Å². The SMILES string of the molecule is CC(C)CN(C(=O)c1ccc2c(=O)n3c(nc2c1)CCCCCC3)C1CC1. The molecular formula is C22H29N3O2. The van der Waals surface area contributed by atoms with Crippen molar-refractivity contribution in [1.29, 1.82) is 0 Å². The van der Waals surface area contributed by atoms with Gasteiger partial charge in [-0.05, 0) is 49.8 Å². The van der Waals surface area contributed by atoms with Crippen molar-refractivity contribution in [2.24, 2.45) is 5.92 Å². The zero-order valence-electron chi connectivity index (χ0n) is 16.4. The summed E-state index contributed by atoms with van der Waals surface area (Å²) in [6.45, 7) is 5.82. The first kappa shape index (κ1) is 18.2. The van der Waals surface area contributed by atoms with E-state index >= 15 is 0 Å². The first-order valence-electron chi connectivity index (χ1n) is 10.4. The van der Waals surface area contributed by atoms with Gasteiger partial charge < -0.3 is 4.90 Å². The van der Waals surface area contributed by atoms with Crippen LogP contribution in [0.15, 0.2) is 23.0 Å². The summed E-state index contributed by atoms with van der Waals surface area (Å²) in [6, 6.07) is 5.81. The third-order valence-electron chi connectivity index (χ3n) is 5.62. The summed E-state index contributed by atoms with van der Waals surface area (Å²) in [5.41, 5.74) is 1.35. The number of hydrogen-bond acceptors (Lipinski definition) is 3. The number of benzene rings is 1. The van der Waals surface area contributed by atoms with Gasteiger partial charge in [0.25, 0.3) is 11.5 Å². The van der Waals surface area contributed by atoms with Crippen molar-refractivity contribution in [3.8, 4) is 0 Å². The maximum Gasteiger partial charge on any atom is 0.261 e. The van der Waals surface area contributed by atoms with Crippen molar-refractivity contribution in [2.75, 3.05) is 6.54 Å². The molecule has 0 N–H and O–H groups in total. The summed E-state index contributed by atoms with van der Waals surface area (Å²) in [6.07, 6.45) is 7.49. The normalized spacial score (nSPS) is 17.4. The Bertz CT molecular complexity index is 912. The van der Waals surface area contributed by atoms with E-state index in [0.717, 1.165) is 51.0 Å². The molecule has 1 saturated carbocycles. The van der Waals surface area contributed by atoms with Gasteiger partial charge in [0.15, 0.2) is 0 Å². The molecule has 2 aliphatic rings. The summed E-state index contributed by atoms with van der Waals surface area (Å²) in [5.74, 6) is 1.39. The van der Waals surface area contributed by atoms with Crippen molar-refractivity contribution in [3.05, 3.63) is 39.9 Å². The predicted molar refractivity (Wildman–Crippen MR) is 107 cm³/mol. The second-order valence-electron chi connectivity index (χ2n) is 8.46. The molecule has 1 aromatic heterocycles. The second-order valence-corrected chi connectivity index (χ2v) is 8.46. The second kappa shape index (κ2) is 7.45. The minimum Gasteiger partial charge on any atom is -0.335 e. The Morgan fingerprint density at radius 3 is 2.74 bits per heavy atom. The third kappa shape index (κ3) is 3.78. The summed E-state index contributed by atoms with van der Waals surface area (Å²) in [5, 5.41) is 0.623. The zero-order valence-corrected chi connectivity index (χ0v) is 16.4. The van der Waals surface area contributed by atoms with E-state index in [4.69, 9.17) is 4.98 Å². The van der Waals surface area contributed by atoms with Crippen LogP contribution < -0.4 is 5.56 Å². The number of aryl methyl sites for hydroxylation is 1. The number of carbonyl (C=O) groups is 1. The zero-order chi connectivity index (χ0) is 19.0. The van der Waals surface area contributed by atoms with E-state index in [1.807, 2.05) is 15.5 Å². The van der Waals surface area contributed by atoms with E-state index < -0.39 is 0 Å². The summed E-state index contributed by atoms with van der Waals surface area (Å²) in [4.78, 5) is 32.8. The molecule has 5 nitrogen and oxygen atoms in total. The number of rotatable bonds is 4. The Labute approximate surface area is 160 Å². The number of hydrogen-bond donors (Lipinski definition) is 0. The lowest BCUT2D eigenvalue weighted by Crippen LogP contribution is -2.36. The highest BCUT2D eigenvalue weighted by molar-refractivity contribution is 5.98. The Hall–Kier alpha value is -2.17. The van der Waals surface area contributed by atoms with Gasteiger partial charge in [0.05, 0.1) is 10.9 Å². The fraction of sp³-hybridized carbons (Fsp3) is 0.591. The van der Waals surface area contributed by atoms with E-state index in [0.29, 0.717) is 28.4 Å². The highest BCUT2D eigenvalue weighted by atomic mass is 16.2. The average Bonchev–Trinajstić information content (AvgIpc) is 3.45. The first-order chi connectivity index (χ1) is 13.0. The molecule has 1 aliphatic heterocycles. The number of fused-ring (bicyclic) bond motifs is 2. The molecule has 5 heteroatoms. The van der Waals surface area contributed by atoms with Gasteiger partial charge in [-0.3, -0.25) is 14.2 Å². The fourth-order valence-electron chi connectivity index (χ4n) is 4.07. The topological polar surface area (TPSA) is 55.2 Å². The summed E-state index contributed by atoms with van der Waals surface area (Å²) < 4.78 is 1.85. The molecule has 27 heavy (non-hydrogen) atoms. The monoisotopic (exact) mass is 367 g/mol. The van der Waals surface area contributed by atoms with Gasteiger partial charge in [-0.25, -0.2) is 4.98 Å². The minimum atomic E-state index is 0.0390. The van der Waals surface area contributed by atoms with Crippen molar-refractivity contribution < 1.29 is 4.79 Å². The van der Waals surface area contributed by atoms with Crippen LogP contribution in [-0.4, -0.2) is 32.9 Å². The first-order valence-corrected chi connectivity index (χ1v) is 10.4. The van der Waals surface area contributed by atoms with E-state index in [9.17, 15) is 9.59 Å². The Balaban J connectivity index is 1.72. The molecule has 1 fully saturated rings. The van der Waals surface area contributed by atoms with Crippen LogP contribution in [0.3, 0.4) is 0 Å². The molecule has 0 atom stereocenters. The fourth-order valence-corrected chi connectivity index (χ4v) is 4.07. The van der Waals surface area contributed by atoms with Crippen molar-refractivity contribution in [3.63, 3.8) is 0 Å². The van der Waals surface area contributed by atoms with Gasteiger partial charge in [-0.2, -0.15) is 0 Å². The molecule has 0 spiro atoms. The third-order valence-corrected chi connectivity index (χ3v) is 5.62. The quantitative estimate of drug-likeness (QED) is 0.826. The molecule has 1 amide bonds. The van der Waals surface area contributed by atoms with Crippen LogP contribution in [0.1, 0.15) is 68.6 Å². The van der Waals surface area contributed by atoms with Gasteiger partial charge in [-0.15, -0.1) is 0 Å². The Morgan fingerprint density at radius 1 is 1.22 bits per heavy atom. The smallest absolute Gasteiger partial charge is 0.261 e. The van der Waals surface area contributed by atoms with Crippen LogP contribution in [0, 0.1) is 5.92 Å². The highest BCUT2D eigenvalue weighted by Gasteiger charge is 2.33. The molecule has 0 saturated heterocycles. The van der Waals surface area contributed by atoms with Gasteiger partial charge in [0, 0.05) is 31.1 Å². The molecule has 2 heterocycles. The lowest BCUT2D eigenvalue weighted by Gasteiger charge is -2.24. The van der Waals surface area contributed by atoms with Gasteiger partial charge in [0.1, 0.15) is 5.82 Å². The van der Waals surface area contributed by atoms with Gasteiger partial charge in [-0.1, -0.05) is 26.7 Å². The molecular weight excluding hydrogens is 338 g/mol. The molecule has 4 rings (SSSR count). The maximum absolute atomic E-state index is 13.1. The lowest BCUT2D eigenvalue weighted by molar-refractivity contribution is 0.0722. The van der Waals surface area contributed by atoms with Gasteiger partial charge in [0.2, 0.25) is 0 Å². The van der Waals surface area contributed by atoms with Crippen LogP contribution in [0.4, 0.5) is 0 Å². The van der Waals surface area contributed by atoms with Crippen LogP contribution >= 0.6 is 0 Å². The standard InChI is InChI=1S/C22H29N3O2/c1-15(2)14-25(17-9-10-17)21(26)16-8-11-18-19(13-16)23-20-7-5-3-4-6-12-24(20)22(18)27/h8,11,13,15,17H,3-7,9-10,12,14H2,1-2H3. The van der Waals surface area contributed by atoms with E-state index in [-0.39, 0.29) is 11.5 Å². The maximum atomic E-state index is 13.1. The molecule has 144 valence electrons. The molecule has 1 aliphatic carbocycles. The Morgan fingerprint density at radius 2 is 2.00 bits per heavy atom. The van der Waals surface area contributed by atoms with Gasteiger partial charge >= 0.3 is 0 Å². The minimum absolute atomic E-state index is 0.0390. The van der Waals surface area contributed by atoms with E-state index in [1.165, 1.54) is 12.8 Å². The lowest BCUT2D eigenvalue weighted by atomic mass is 10.1. The largest absolute Gasteiger partial charge is 0.335 e. The number of nitrogens with zero attached hydrogens (tertiary/aromatic N) is 3. The van der Waals surface area contributed by atoms with Crippen molar-refractivity contribution in [1.82, 2.24) is 14.5 Å². The molecule has 0 radical (unpaired) electrons. The molecule has 1 aromatic carbocycles. The average molecular weight is 367 g/mol. The van der Waals surface area contributed by atoms with Crippen LogP contribution in [0.5, 0.6) is 0 Å². The number of aromatic nitrogens is 2. The van der Waals surface area contributed by atoms with E-state index in [2.05, 4.69) is 13.8 Å². The number of amides is 1. The van der Waals surface area contributed by atoms with E-state index in [1.54, 1.807) is 12.1 Å². The predicted octanol–water partition coefficient (Wildman–Crippen LogP) is 3.77. The molecule has 2 aromatic rings.